The highest BCUT2D eigenvalue weighted by atomic mass is 35.5. The maximum atomic E-state index is 13.0. The van der Waals surface area contributed by atoms with Gasteiger partial charge in [0.25, 0.3) is 0 Å². The van der Waals surface area contributed by atoms with E-state index in [1.165, 1.54) is 6.20 Å². The van der Waals surface area contributed by atoms with Gasteiger partial charge in [-0.25, -0.2) is 9.37 Å². The van der Waals surface area contributed by atoms with Crippen LogP contribution < -0.4 is 11.1 Å². The zero-order valence-corrected chi connectivity index (χ0v) is 9.93. The first-order valence-corrected chi connectivity index (χ1v) is 5.32. The lowest BCUT2D eigenvalue weighted by molar-refractivity contribution is 0.628. The van der Waals surface area contributed by atoms with E-state index in [1.807, 2.05) is 0 Å². The van der Waals surface area contributed by atoms with Crippen molar-refractivity contribution in [3.8, 4) is 0 Å². The maximum Gasteiger partial charge on any atom is 0.221 e. The Morgan fingerprint density at radius 1 is 1.24 bits per heavy atom. The molecule has 0 aliphatic heterocycles. The molecular formula is C10H7Cl2FN4. The second-order valence-corrected chi connectivity index (χ2v) is 3.98. The number of benzene rings is 1. The van der Waals surface area contributed by atoms with Crippen LogP contribution in [0.15, 0.2) is 24.4 Å². The number of nitrogens with one attached hydrogen (secondary N) is 1. The SMILES string of the molecule is Nc1nccc(Nc2c(Cl)cc(F)cc2Cl)n1. The lowest BCUT2D eigenvalue weighted by atomic mass is 10.3. The van der Waals surface area contributed by atoms with Crippen molar-refractivity contribution in [2.75, 3.05) is 11.1 Å². The molecule has 0 aliphatic carbocycles. The normalized spacial score (nSPS) is 10.3. The van der Waals surface area contributed by atoms with Crippen molar-refractivity contribution in [3.05, 3.63) is 40.3 Å². The predicted octanol–water partition coefficient (Wildman–Crippen LogP) is 3.25. The van der Waals surface area contributed by atoms with E-state index < -0.39 is 5.82 Å². The molecule has 1 heterocycles. The highest BCUT2D eigenvalue weighted by Gasteiger charge is 2.09. The molecule has 0 unspecified atom stereocenters. The Kier molecular flexibility index (Phi) is 3.31. The molecule has 0 aliphatic rings. The van der Waals surface area contributed by atoms with Crippen LogP contribution in [0.2, 0.25) is 10.0 Å². The van der Waals surface area contributed by atoms with Crippen LogP contribution in [0.1, 0.15) is 0 Å². The third kappa shape index (κ3) is 2.75. The molecule has 0 amide bonds. The topological polar surface area (TPSA) is 63.8 Å². The molecule has 2 rings (SSSR count). The Morgan fingerprint density at radius 2 is 1.88 bits per heavy atom. The van der Waals surface area contributed by atoms with Crippen LogP contribution in [0.4, 0.5) is 21.8 Å². The molecular weight excluding hydrogens is 266 g/mol. The van der Waals surface area contributed by atoms with Crippen LogP contribution in [0, 0.1) is 5.82 Å². The molecule has 0 saturated carbocycles. The fraction of sp³-hybridized carbons (Fsp3) is 0. The minimum absolute atomic E-state index is 0.115. The number of nitrogens with zero attached hydrogens (tertiary/aromatic N) is 2. The summed E-state index contributed by atoms with van der Waals surface area (Å²) >= 11 is 11.7. The quantitative estimate of drug-likeness (QED) is 0.881. The van der Waals surface area contributed by atoms with Gasteiger partial charge in [-0.1, -0.05) is 23.2 Å². The molecule has 4 nitrogen and oxygen atoms in total. The summed E-state index contributed by atoms with van der Waals surface area (Å²) in [4.78, 5) is 7.66. The van der Waals surface area contributed by atoms with Gasteiger partial charge in [-0.05, 0) is 18.2 Å². The largest absolute Gasteiger partial charge is 0.368 e. The highest BCUT2D eigenvalue weighted by molar-refractivity contribution is 6.39. The minimum atomic E-state index is -0.507. The first-order valence-electron chi connectivity index (χ1n) is 4.56. The van der Waals surface area contributed by atoms with E-state index >= 15 is 0 Å². The summed E-state index contributed by atoms with van der Waals surface area (Å²) in [6.07, 6.45) is 1.48. The smallest absolute Gasteiger partial charge is 0.221 e. The van der Waals surface area contributed by atoms with Gasteiger partial charge in [-0.2, -0.15) is 4.98 Å². The monoisotopic (exact) mass is 272 g/mol. The van der Waals surface area contributed by atoms with Crippen molar-refractivity contribution in [2.24, 2.45) is 0 Å². The third-order valence-electron chi connectivity index (χ3n) is 1.93. The third-order valence-corrected chi connectivity index (χ3v) is 2.53. The molecule has 0 spiro atoms. The van der Waals surface area contributed by atoms with Crippen LogP contribution in [0.5, 0.6) is 0 Å². The Bertz CT molecular complexity index is 539. The molecule has 2 aromatic rings. The number of hydrogen-bond donors (Lipinski definition) is 2. The van der Waals surface area contributed by atoms with Gasteiger partial charge in [-0.15, -0.1) is 0 Å². The summed E-state index contributed by atoms with van der Waals surface area (Å²) < 4.78 is 13.0. The van der Waals surface area contributed by atoms with E-state index in [-0.39, 0.29) is 16.0 Å². The molecule has 0 radical (unpaired) electrons. The lowest BCUT2D eigenvalue weighted by Gasteiger charge is -2.09. The predicted molar refractivity (Wildman–Crippen MR) is 66.1 cm³/mol. The molecule has 0 fully saturated rings. The van der Waals surface area contributed by atoms with Gasteiger partial charge in [0, 0.05) is 6.20 Å². The summed E-state index contributed by atoms with van der Waals surface area (Å²) in [6.45, 7) is 0. The molecule has 17 heavy (non-hydrogen) atoms. The van der Waals surface area contributed by atoms with Gasteiger partial charge in [0.1, 0.15) is 11.6 Å². The van der Waals surface area contributed by atoms with E-state index in [0.29, 0.717) is 11.5 Å². The highest BCUT2D eigenvalue weighted by Crippen LogP contribution is 2.33. The second kappa shape index (κ2) is 4.73. The Morgan fingerprint density at radius 3 is 2.47 bits per heavy atom. The number of aromatic nitrogens is 2. The number of nitrogens with two attached hydrogens (primary N) is 1. The Hall–Kier alpha value is -1.59. The number of anilines is 3. The zero-order valence-electron chi connectivity index (χ0n) is 8.42. The van der Waals surface area contributed by atoms with Crippen molar-refractivity contribution < 1.29 is 4.39 Å². The number of nitrogen functional groups attached to an aromatic ring is 1. The first-order chi connectivity index (χ1) is 8.06. The Balaban J connectivity index is 2.36. The van der Waals surface area contributed by atoms with Crippen molar-refractivity contribution in [1.82, 2.24) is 9.97 Å². The average molecular weight is 273 g/mol. The second-order valence-electron chi connectivity index (χ2n) is 3.17. The number of halogens is 3. The summed E-state index contributed by atoms with van der Waals surface area (Å²) in [5.74, 6) is 0.0324. The van der Waals surface area contributed by atoms with Crippen molar-refractivity contribution >= 4 is 40.7 Å². The molecule has 88 valence electrons. The standard InChI is InChI=1S/C10H7Cl2FN4/c11-6-3-5(13)4-7(12)9(6)16-8-1-2-15-10(14)17-8/h1-4H,(H3,14,15,16,17). The summed E-state index contributed by atoms with van der Waals surface area (Å²) in [5.41, 5.74) is 5.79. The fourth-order valence-corrected chi connectivity index (χ4v) is 1.79. The van der Waals surface area contributed by atoms with Gasteiger partial charge < -0.3 is 11.1 Å². The average Bonchev–Trinajstić information content (AvgIpc) is 2.23. The lowest BCUT2D eigenvalue weighted by Crippen LogP contribution is -2.00. The van der Waals surface area contributed by atoms with Gasteiger partial charge in [0.15, 0.2) is 0 Å². The molecule has 1 aromatic carbocycles. The molecule has 0 saturated heterocycles. The van der Waals surface area contributed by atoms with Crippen molar-refractivity contribution in [1.29, 1.82) is 0 Å². The van der Waals surface area contributed by atoms with E-state index in [9.17, 15) is 4.39 Å². The van der Waals surface area contributed by atoms with Crippen molar-refractivity contribution in [3.63, 3.8) is 0 Å². The van der Waals surface area contributed by atoms with Gasteiger partial charge in [0.05, 0.1) is 15.7 Å². The van der Waals surface area contributed by atoms with E-state index in [1.54, 1.807) is 6.07 Å². The van der Waals surface area contributed by atoms with Crippen LogP contribution in [0.3, 0.4) is 0 Å². The zero-order chi connectivity index (χ0) is 12.4. The molecule has 1 aromatic heterocycles. The van der Waals surface area contributed by atoms with Crippen LogP contribution in [-0.4, -0.2) is 9.97 Å². The number of rotatable bonds is 2. The molecule has 0 bridgehead atoms. The van der Waals surface area contributed by atoms with Crippen LogP contribution in [-0.2, 0) is 0 Å². The molecule has 0 atom stereocenters. The molecule has 7 heteroatoms. The van der Waals surface area contributed by atoms with Gasteiger partial charge >= 0.3 is 0 Å². The summed E-state index contributed by atoms with van der Waals surface area (Å²) in [6, 6.07) is 3.90. The Labute approximate surface area is 107 Å². The van der Waals surface area contributed by atoms with Crippen molar-refractivity contribution in [2.45, 2.75) is 0 Å². The van der Waals surface area contributed by atoms with Crippen LogP contribution in [0.25, 0.3) is 0 Å². The van der Waals surface area contributed by atoms with E-state index in [0.717, 1.165) is 12.1 Å². The first kappa shape index (κ1) is 11.9. The summed E-state index contributed by atoms with van der Waals surface area (Å²) in [7, 11) is 0. The number of hydrogen-bond acceptors (Lipinski definition) is 4. The van der Waals surface area contributed by atoms with Crippen LogP contribution >= 0.6 is 23.2 Å². The fourth-order valence-electron chi connectivity index (χ4n) is 1.23. The van der Waals surface area contributed by atoms with Gasteiger partial charge in [-0.3, -0.25) is 0 Å². The summed E-state index contributed by atoms with van der Waals surface area (Å²) in [5, 5.41) is 3.17. The van der Waals surface area contributed by atoms with Gasteiger partial charge in [0.2, 0.25) is 5.95 Å². The maximum absolute atomic E-state index is 13.0. The minimum Gasteiger partial charge on any atom is -0.368 e. The van der Waals surface area contributed by atoms with E-state index in [4.69, 9.17) is 28.9 Å². The van der Waals surface area contributed by atoms with E-state index in [2.05, 4.69) is 15.3 Å². The molecule has 3 N–H and O–H groups in total.